The lowest BCUT2D eigenvalue weighted by Crippen LogP contribution is -2.23. The van der Waals surface area contributed by atoms with Crippen molar-refractivity contribution in [2.24, 2.45) is 23.7 Å². The van der Waals surface area contributed by atoms with Gasteiger partial charge in [0.2, 0.25) is 11.8 Å². The van der Waals surface area contributed by atoms with Crippen LogP contribution in [0.1, 0.15) is 79.1 Å². The molecule has 4 atom stereocenters. The van der Waals surface area contributed by atoms with Gasteiger partial charge < -0.3 is 20.1 Å². The van der Waals surface area contributed by atoms with Crippen molar-refractivity contribution in [3.8, 4) is 0 Å². The maximum atomic E-state index is 10.7. The van der Waals surface area contributed by atoms with Crippen molar-refractivity contribution in [1.29, 1.82) is 0 Å². The Bertz CT molecular complexity index is 559. The first-order chi connectivity index (χ1) is 15.3. The van der Waals surface area contributed by atoms with E-state index in [0.717, 1.165) is 0 Å². The maximum absolute atomic E-state index is 10.7. The third-order valence-electron chi connectivity index (χ3n) is 6.37. The lowest BCUT2D eigenvalue weighted by molar-refractivity contribution is -0.144. The summed E-state index contributed by atoms with van der Waals surface area (Å²) in [5.74, 6) is 3.98. The fraction of sp³-hybridized carbons (Fsp3) is 0.833. The molecule has 3 rings (SSSR count). The summed E-state index contributed by atoms with van der Waals surface area (Å²) in [6.07, 6.45) is 10.0. The highest BCUT2D eigenvalue weighted by atomic mass is 16.5. The van der Waals surface area contributed by atoms with Gasteiger partial charge in [0.25, 0.3) is 0 Å². The van der Waals surface area contributed by atoms with Gasteiger partial charge in [-0.3, -0.25) is 19.2 Å². The molecule has 0 saturated heterocycles. The highest BCUT2D eigenvalue weighted by molar-refractivity contribution is 5.75. The van der Waals surface area contributed by atoms with E-state index in [9.17, 15) is 19.2 Å². The van der Waals surface area contributed by atoms with E-state index in [2.05, 4.69) is 20.1 Å². The normalized spacial score (nSPS) is 24.1. The van der Waals surface area contributed by atoms with Gasteiger partial charge in [0.15, 0.2) is 0 Å². The monoisotopic (exact) mass is 454 g/mol. The largest absolute Gasteiger partial charge is 0.466 e. The number of nitrogens with one attached hydrogen (secondary N) is 2. The molecule has 32 heavy (non-hydrogen) atoms. The number of fused-ring (bicyclic) bond motifs is 5. The zero-order valence-electron chi connectivity index (χ0n) is 20.2. The van der Waals surface area contributed by atoms with Crippen LogP contribution in [0.4, 0.5) is 0 Å². The lowest BCUT2D eigenvalue weighted by atomic mass is 9.82. The van der Waals surface area contributed by atoms with E-state index in [1.807, 2.05) is 0 Å². The smallest absolute Gasteiger partial charge is 0.307 e. The van der Waals surface area contributed by atoms with Crippen LogP contribution in [-0.4, -0.2) is 50.1 Å². The fourth-order valence-corrected chi connectivity index (χ4v) is 5.17. The summed E-state index contributed by atoms with van der Waals surface area (Å²) >= 11 is 0. The molecule has 0 radical (unpaired) electrons. The maximum Gasteiger partial charge on any atom is 0.307 e. The highest BCUT2D eigenvalue weighted by Crippen LogP contribution is 2.58. The zero-order chi connectivity index (χ0) is 23.9. The van der Waals surface area contributed by atoms with Crippen LogP contribution in [0.15, 0.2) is 0 Å². The van der Waals surface area contributed by atoms with Crippen molar-refractivity contribution in [3.63, 3.8) is 0 Å². The Hall–Kier alpha value is -2.12. The lowest BCUT2D eigenvalue weighted by Gasteiger charge is -2.23. The van der Waals surface area contributed by atoms with Crippen LogP contribution in [0.3, 0.4) is 0 Å². The topological polar surface area (TPSA) is 111 Å². The molecule has 2 amide bonds. The molecule has 0 aliphatic heterocycles. The van der Waals surface area contributed by atoms with Gasteiger partial charge in [-0.1, -0.05) is 6.42 Å². The SMILES string of the molecule is C1CC2C3CCC(C3)C2C1.CCOC(=O)CCNC(C)=O.CCOC(=O)CCNC(C)=O. The van der Waals surface area contributed by atoms with Gasteiger partial charge >= 0.3 is 11.9 Å². The number of carbonyl (C=O) groups is 4. The third-order valence-corrected chi connectivity index (χ3v) is 6.37. The predicted octanol–water partition coefficient (Wildman–Crippen LogP) is 2.98. The van der Waals surface area contributed by atoms with Crippen LogP contribution < -0.4 is 10.6 Å². The molecule has 0 aromatic rings. The standard InChI is InChI=1S/C10H16.2C7H13NO3/c1-2-9-7-4-5-8(6-7)10(9)3-1;2*1-3-11-7(10)4-5-8-6(2)9/h7-10H,1-6H2;2*3-5H2,1-2H3,(H,8,9). The Morgan fingerprint density at radius 3 is 1.47 bits per heavy atom. The summed E-state index contributed by atoms with van der Waals surface area (Å²) in [7, 11) is 0. The molecule has 3 fully saturated rings. The van der Waals surface area contributed by atoms with E-state index >= 15 is 0 Å². The van der Waals surface area contributed by atoms with Crippen molar-refractivity contribution in [1.82, 2.24) is 10.6 Å². The molecule has 3 aliphatic rings. The molecular weight excluding hydrogens is 412 g/mol. The van der Waals surface area contributed by atoms with Crippen LogP contribution in [0.2, 0.25) is 0 Å². The van der Waals surface area contributed by atoms with Gasteiger partial charge in [-0.25, -0.2) is 0 Å². The summed E-state index contributed by atoms with van der Waals surface area (Å²) in [5, 5.41) is 4.99. The first kappa shape index (κ1) is 27.9. The molecular formula is C24H42N2O6. The number of carbonyl (C=O) groups excluding carboxylic acids is 4. The zero-order valence-corrected chi connectivity index (χ0v) is 20.2. The van der Waals surface area contributed by atoms with Crippen molar-refractivity contribution in [2.75, 3.05) is 26.3 Å². The van der Waals surface area contributed by atoms with Gasteiger partial charge in [-0.2, -0.15) is 0 Å². The van der Waals surface area contributed by atoms with Gasteiger partial charge in [0.1, 0.15) is 0 Å². The van der Waals surface area contributed by atoms with Gasteiger partial charge in [0.05, 0.1) is 26.1 Å². The number of rotatable bonds is 8. The van der Waals surface area contributed by atoms with E-state index < -0.39 is 0 Å². The average Bonchev–Trinajstić information content (AvgIpc) is 3.44. The minimum Gasteiger partial charge on any atom is -0.466 e. The summed E-state index contributed by atoms with van der Waals surface area (Å²) < 4.78 is 9.27. The van der Waals surface area contributed by atoms with Gasteiger partial charge in [-0.15, -0.1) is 0 Å². The number of ether oxygens (including phenoxy) is 2. The van der Waals surface area contributed by atoms with Crippen LogP contribution in [-0.2, 0) is 28.7 Å². The molecule has 3 saturated carbocycles. The molecule has 0 heterocycles. The van der Waals surface area contributed by atoms with E-state index in [1.165, 1.54) is 37.5 Å². The molecule has 0 aromatic carbocycles. The molecule has 8 heteroatoms. The quantitative estimate of drug-likeness (QED) is 0.546. The van der Waals surface area contributed by atoms with Crippen LogP contribution in [0.5, 0.6) is 0 Å². The van der Waals surface area contributed by atoms with Crippen LogP contribution >= 0.6 is 0 Å². The van der Waals surface area contributed by atoms with Gasteiger partial charge in [0, 0.05) is 26.9 Å². The molecule has 2 bridgehead atoms. The molecule has 3 aliphatic carbocycles. The van der Waals surface area contributed by atoms with E-state index in [-0.39, 0.29) is 36.6 Å². The molecule has 8 nitrogen and oxygen atoms in total. The van der Waals surface area contributed by atoms with Crippen molar-refractivity contribution in [3.05, 3.63) is 0 Å². The predicted molar refractivity (Wildman–Crippen MR) is 122 cm³/mol. The van der Waals surface area contributed by atoms with Crippen molar-refractivity contribution >= 4 is 23.8 Å². The Balaban J connectivity index is 0.000000240. The summed E-state index contributed by atoms with van der Waals surface area (Å²) in [4.78, 5) is 41.9. The molecule has 2 N–H and O–H groups in total. The molecule has 0 spiro atoms. The van der Waals surface area contributed by atoms with E-state index in [4.69, 9.17) is 0 Å². The Morgan fingerprint density at radius 2 is 1.12 bits per heavy atom. The second kappa shape index (κ2) is 15.6. The van der Waals surface area contributed by atoms with Crippen molar-refractivity contribution < 1.29 is 28.7 Å². The summed E-state index contributed by atoms with van der Waals surface area (Å²) in [6, 6.07) is 0. The minimum atomic E-state index is -0.277. The minimum absolute atomic E-state index is 0.130. The van der Waals surface area contributed by atoms with E-state index in [0.29, 0.717) is 26.3 Å². The second-order valence-electron chi connectivity index (χ2n) is 8.67. The molecule has 184 valence electrons. The highest BCUT2D eigenvalue weighted by Gasteiger charge is 2.48. The summed E-state index contributed by atoms with van der Waals surface area (Å²) in [5.41, 5.74) is 0. The Kier molecular flexibility index (Phi) is 13.6. The van der Waals surface area contributed by atoms with Gasteiger partial charge in [-0.05, 0) is 69.6 Å². The van der Waals surface area contributed by atoms with Crippen LogP contribution in [0, 0.1) is 23.7 Å². The number of amides is 2. The third kappa shape index (κ3) is 11.0. The fourth-order valence-electron chi connectivity index (χ4n) is 5.17. The Morgan fingerprint density at radius 1 is 0.719 bits per heavy atom. The number of esters is 2. The first-order valence-corrected chi connectivity index (χ1v) is 12.1. The average molecular weight is 455 g/mol. The molecule has 4 unspecified atom stereocenters. The summed E-state index contributed by atoms with van der Waals surface area (Å²) in [6.45, 7) is 7.79. The second-order valence-corrected chi connectivity index (χ2v) is 8.67. The Labute approximate surface area is 192 Å². The van der Waals surface area contributed by atoms with Crippen LogP contribution in [0.25, 0.3) is 0 Å². The van der Waals surface area contributed by atoms with Crippen molar-refractivity contribution in [2.45, 2.75) is 79.1 Å². The van der Waals surface area contributed by atoms with E-state index in [1.54, 1.807) is 52.4 Å². The first-order valence-electron chi connectivity index (χ1n) is 12.1. The number of hydrogen-bond donors (Lipinski definition) is 2. The molecule has 0 aromatic heterocycles. The number of hydrogen-bond acceptors (Lipinski definition) is 6.